The lowest BCUT2D eigenvalue weighted by Gasteiger charge is -2.12. The Balaban J connectivity index is 2.65. The fraction of sp³-hybridized carbons (Fsp3) is 0.667. The first kappa shape index (κ1) is 10.7. The highest BCUT2D eigenvalue weighted by molar-refractivity contribution is 6.12. The van der Waals surface area contributed by atoms with Gasteiger partial charge in [0.05, 0.1) is 0 Å². The third kappa shape index (κ3) is 1.92. The molecule has 0 spiro atoms. The second-order valence-corrected chi connectivity index (χ2v) is 3.33. The van der Waals surface area contributed by atoms with Gasteiger partial charge in [0.2, 0.25) is 11.8 Å². The number of carboxylic acids is 1. The Hall–Kier alpha value is -1.39. The molecule has 1 heterocycles. The highest BCUT2D eigenvalue weighted by Crippen LogP contribution is 2.19. The Morgan fingerprint density at radius 3 is 2.64 bits per heavy atom. The van der Waals surface area contributed by atoms with E-state index in [0.29, 0.717) is 6.54 Å². The van der Waals surface area contributed by atoms with Crippen LogP contribution >= 0.6 is 0 Å². The average molecular weight is 199 g/mol. The van der Waals surface area contributed by atoms with Gasteiger partial charge in [0.1, 0.15) is 5.92 Å². The van der Waals surface area contributed by atoms with Crippen molar-refractivity contribution in [1.82, 2.24) is 4.90 Å². The zero-order valence-electron chi connectivity index (χ0n) is 8.02. The molecule has 1 unspecified atom stereocenters. The van der Waals surface area contributed by atoms with E-state index in [1.54, 1.807) is 0 Å². The quantitative estimate of drug-likeness (QED) is 0.520. The average Bonchev–Trinajstić information content (AvgIpc) is 2.40. The van der Waals surface area contributed by atoms with Crippen molar-refractivity contribution in [2.75, 3.05) is 6.54 Å². The summed E-state index contributed by atoms with van der Waals surface area (Å²) in [5.41, 5.74) is 0. The monoisotopic (exact) mass is 199 g/mol. The standard InChI is InChI=1S/C9H13NO4/c1-2-3-4-10-7(11)5-6(8(10)12)9(13)14/h6H,2-5H2,1H3,(H,13,14). The first-order valence-corrected chi connectivity index (χ1v) is 4.65. The Labute approximate surface area is 81.7 Å². The number of likely N-dealkylation sites (tertiary alicyclic amines) is 1. The largest absolute Gasteiger partial charge is 0.481 e. The van der Waals surface area contributed by atoms with E-state index in [1.807, 2.05) is 6.92 Å². The summed E-state index contributed by atoms with van der Waals surface area (Å²) in [6.45, 7) is 2.29. The van der Waals surface area contributed by atoms with Gasteiger partial charge >= 0.3 is 5.97 Å². The number of aliphatic carboxylic acids is 1. The van der Waals surface area contributed by atoms with E-state index in [9.17, 15) is 14.4 Å². The number of carbonyl (C=O) groups excluding carboxylic acids is 2. The van der Waals surface area contributed by atoms with E-state index < -0.39 is 17.8 Å². The summed E-state index contributed by atoms with van der Waals surface area (Å²) in [5.74, 6) is -3.28. The molecule has 0 aliphatic carbocycles. The molecule has 0 saturated carbocycles. The summed E-state index contributed by atoms with van der Waals surface area (Å²) in [5, 5.41) is 8.64. The molecule has 2 amide bonds. The summed E-state index contributed by atoms with van der Waals surface area (Å²) in [6, 6.07) is 0. The summed E-state index contributed by atoms with van der Waals surface area (Å²) < 4.78 is 0. The maximum atomic E-state index is 11.4. The van der Waals surface area contributed by atoms with Crippen LogP contribution in [0.25, 0.3) is 0 Å². The molecule has 1 N–H and O–H groups in total. The third-order valence-electron chi connectivity index (χ3n) is 2.28. The number of carbonyl (C=O) groups is 3. The molecule has 1 saturated heterocycles. The fourth-order valence-electron chi connectivity index (χ4n) is 1.43. The molecular weight excluding hydrogens is 186 g/mol. The number of nitrogens with zero attached hydrogens (tertiary/aromatic N) is 1. The topological polar surface area (TPSA) is 74.7 Å². The molecule has 0 radical (unpaired) electrons. The molecule has 0 bridgehead atoms. The van der Waals surface area contributed by atoms with Crippen molar-refractivity contribution >= 4 is 17.8 Å². The van der Waals surface area contributed by atoms with Crippen molar-refractivity contribution in [3.05, 3.63) is 0 Å². The number of unbranched alkanes of at least 4 members (excludes halogenated alkanes) is 1. The van der Waals surface area contributed by atoms with Crippen molar-refractivity contribution in [3.8, 4) is 0 Å². The van der Waals surface area contributed by atoms with Crippen molar-refractivity contribution in [3.63, 3.8) is 0 Å². The maximum absolute atomic E-state index is 11.4. The molecular formula is C9H13NO4. The minimum absolute atomic E-state index is 0.183. The predicted octanol–water partition coefficient (Wildman–Crippen LogP) is 0.246. The molecule has 0 aromatic rings. The first-order chi connectivity index (χ1) is 6.57. The summed E-state index contributed by atoms with van der Waals surface area (Å²) in [6.07, 6.45) is 1.41. The molecule has 5 heteroatoms. The zero-order valence-corrected chi connectivity index (χ0v) is 8.02. The lowest BCUT2D eigenvalue weighted by atomic mass is 10.1. The highest BCUT2D eigenvalue weighted by atomic mass is 16.4. The van der Waals surface area contributed by atoms with Gasteiger partial charge in [-0.2, -0.15) is 0 Å². The fourth-order valence-corrected chi connectivity index (χ4v) is 1.43. The molecule has 1 fully saturated rings. The molecule has 1 aliphatic rings. The van der Waals surface area contributed by atoms with Crippen LogP contribution in [0.3, 0.4) is 0 Å². The summed E-state index contributed by atoms with van der Waals surface area (Å²) >= 11 is 0. The van der Waals surface area contributed by atoms with Gasteiger partial charge in [-0.1, -0.05) is 13.3 Å². The molecule has 14 heavy (non-hydrogen) atoms. The van der Waals surface area contributed by atoms with Crippen LogP contribution in [0.5, 0.6) is 0 Å². The van der Waals surface area contributed by atoms with Crippen LogP contribution < -0.4 is 0 Å². The van der Waals surface area contributed by atoms with Crippen LogP contribution in [0.4, 0.5) is 0 Å². The number of hydrogen-bond donors (Lipinski definition) is 1. The van der Waals surface area contributed by atoms with Crippen LogP contribution in [0.2, 0.25) is 0 Å². The van der Waals surface area contributed by atoms with E-state index in [4.69, 9.17) is 5.11 Å². The summed E-state index contributed by atoms with van der Waals surface area (Å²) in [7, 11) is 0. The number of amides is 2. The van der Waals surface area contributed by atoms with Gasteiger partial charge in [-0.15, -0.1) is 0 Å². The molecule has 78 valence electrons. The van der Waals surface area contributed by atoms with Gasteiger partial charge in [0, 0.05) is 13.0 Å². The van der Waals surface area contributed by atoms with Gasteiger partial charge in [-0.05, 0) is 6.42 Å². The van der Waals surface area contributed by atoms with Gasteiger partial charge < -0.3 is 5.11 Å². The Morgan fingerprint density at radius 2 is 2.21 bits per heavy atom. The second kappa shape index (κ2) is 4.21. The maximum Gasteiger partial charge on any atom is 0.316 e. The van der Waals surface area contributed by atoms with Crippen LogP contribution in [0, 0.1) is 5.92 Å². The Bertz CT molecular complexity index is 274. The van der Waals surface area contributed by atoms with E-state index in [2.05, 4.69) is 0 Å². The predicted molar refractivity (Wildman–Crippen MR) is 47.4 cm³/mol. The molecule has 0 aromatic heterocycles. The van der Waals surface area contributed by atoms with E-state index in [-0.39, 0.29) is 12.3 Å². The number of carboxylic acid groups (broad SMARTS) is 1. The van der Waals surface area contributed by atoms with Gasteiger partial charge in [0.15, 0.2) is 0 Å². The van der Waals surface area contributed by atoms with Gasteiger partial charge in [-0.25, -0.2) is 0 Å². The Morgan fingerprint density at radius 1 is 1.57 bits per heavy atom. The highest BCUT2D eigenvalue weighted by Gasteiger charge is 2.42. The number of hydrogen-bond acceptors (Lipinski definition) is 3. The third-order valence-corrected chi connectivity index (χ3v) is 2.28. The SMILES string of the molecule is CCCCN1C(=O)CC(C(=O)O)C1=O. The van der Waals surface area contributed by atoms with E-state index >= 15 is 0 Å². The first-order valence-electron chi connectivity index (χ1n) is 4.65. The minimum atomic E-state index is -1.21. The van der Waals surface area contributed by atoms with Crippen molar-refractivity contribution < 1.29 is 19.5 Å². The molecule has 5 nitrogen and oxygen atoms in total. The lowest BCUT2D eigenvalue weighted by Crippen LogP contribution is -2.33. The normalized spacial score (nSPS) is 21.8. The summed E-state index contributed by atoms with van der Waals surface area (Å²) in [4.78, 5) is 34.3. The van der Waals surface area contributed by atoms with Crippen molar-refractivity contribution in [2.24, 2.45) is 5.92 Å². The van der Waals surface area contributed by atoms with Crippen molar-refractivity contribution in [1.29, 1.82) is 0 Å². The van der Waals surface area contributed by atoms with E-state index in [1.165, 1.54) is 0 Å². The molecule has 1 rings (SSSR count). The minimum Gasteiger partial charge on any atom is -0.481 e. The van der Waals surface area contributed by atoms with Crippen LogP contribution in [-0.4, -0.2) is 34.3 Å². The van der Waals surface area contributed by atoms with Crippen molar-refractivity contribution in [2.45, 2.75) is 26.2 Å². The molecule has 1 atom stereocenters. The van der Waals surface area contributed by atoms with Crippen LogP contribution in [0.15, 0.2) is 0 Å². The van der Waals surface area contributed by atoms with E-state index in [0.717, 1.165) is 17.7 Å². The second-order valence-electron chi connectivity index (χ2n) is 3.33. The molecule has 1 aliphatic heterocycles. The zero-order chi connectivity index (χ0) is 10.7. The van der Waals surface area contributed by atoms with Gasteiger partial charge in [-0.3, -0.25) is 19.3 Å². The van der Waals surface area contributed by atoms with Crippen LogP contribution in [0.1, 0.15) is 26.2 Å². The Kier molecular flexibility index (Phi) is 3.22. The van der Waals surface area contributed by atoms with Crippen LogP contribution in [-0.2, 0) is 14.4 Å². The van der Waals surface area contributed by atoms with Gasteiger partial charge in [0.25, 0.3) is 0 Å². The number of rotatable bonds is 4. The smallest absolute Gasteiger partial charge is 0.316 e. The number of imide groups is 1. The molecule has 0 aromatic carbocycles. The lowest BCUT2D eigenvalue weighted by molar-refractivity contribution is -0.147.